The van der Waals surface area contributed by atoms with Gasteiger partial charge in [0, 0.05) is 57.7 Å². The first-order chi connectivity index (χ1) is 14.6. The number of aromatic nitrogens is 4. The molecule has 0 bridgehead atoms. The summed E-state index contributed by atoms with van der Waals surface area (Å²) < 4.78 is 5.40. The van der Waals surface area contributed by atoms with Crippen LogP contribution in [0.2, 0.25) is 0 Å². The Balaban J connectivity index is 1.23. The van der Waals surface area contributed by atoms with Gasteiger partial charge in [-0.25, -0.2) is 19.9 Å². The standard InChI is InChI=1S/C20H30N8O2/c1-26(14-20(29)3-7-28(15-20)19-22-4-2-5-23-19)8-6-21-17-13-18(25-16-24-17)27-9-11-30-12-10-27/h2,4-5,13,16,29H,3,6-12,14-15H2,1H3,(H,21,24,25). The number of β-amino-alcohol motifs (C(OH)–C–C–N with tert-alkyl or cyclic N) is 1. The van der Waals surface area contributed by atoms with Gasteiger partial charge in [-0.1, -0.05) is 0 Å². The quantitative estimate of drug-likeness (QED) is 0.618. The lowest BCUT2D eigenvalue weighted by molar-refractivity contribution is 0.0310. The zero-order chi connectivity index (χ0) is 20.8. The van der Waals surface area contributed by atoms with Crippen molar-refractivity contribution in [3.8, 4) is 0 Å². The van der Waals surface area contributed by atoms with Crippen LogP contribution < -0.4 is 15.1 Å². The summed E-state index contributed by atoms with van der Waals surface area (Å²) in [6, 6.07) is 3.78. The molecule has 0 saturated carbocycles. The molecule has 0 aliphatic carbocycles. The number of morpholine rings is 1. The predicted octanol–water partition coefficient (Wildman–Crippen LogP) is 0.0883. The van der Waals surface area contributed by atoms with E-state index in [9.17, 15) is 5.11 Å². The molecule has 0 aromatic carbocycles. The normalized spacial score (nSPS) is 22.0. The molecule has 2 fully saturated rings. The van der Waals surface area contributed by atoms with E-state index in [0.29, 0.717) is 25.5 Å². The van der Waals surface area contributed by atoms with Crippen LogP contribution in [0.3, 0.4) is 0 Å². The third kappa shape index (κ3) is 5.32. The predicted molar refractivity (Wildman–Crippen MR) is 115 cm³/mol. The molecule has 162 valence electrons. The maximum absolute atomic E-state index is 11.0. The van der Waals surface area contributed by atoms with Gasteiger partial charge in [-0.15, -0.1) is 0 Å². The smallest absolute Gasteiger partial charge is 0.225 e. The summed E-state index contributed by atoms with van der Waals surface area (Å²) in [4.78, 5) is 23.7. The first-order valence-corrected chi connectivity index (χ1v) is 10.4. The number of rotatable bonds is 8. The van der Waals surface area contributed by atoms with Crippen molar-refractivity contribution in [1.29, 1.82) is 0 Å². The first kappa shape index (κ1) is 20.7. The van der Waals surface area contributed by atoms with E-state index in [1.807, 2.05) is 18.0 Å². The molecule has 2 aromatic heterocycles. The van der Waals surface area contributed by atoms with Crippen LogP contribution in [-0.4, -0.2) is 102 Å². The van der Waals surface area contributed by atoms with E-state index in [1.54, 1.807) is 24.8 Å². The van der Waals surface area contributed by atoms with Gasteiger partial charge < -0.3 is 29.9 Å². The topological polar surface area (TPSA) is 103 Å². The van der Waals surface area contributed by atoms with Crippen molar-refractivity contribution in [1.82, 2.24) is 24.8 Å². The lowest BCUT2D eigenvalue weighted by Gasteiger charge is -2.29. The van der Waals surface area contributed by atoms with E-state index < -0.39 is 5.60 Å². The summed E-state index contributed by atoms with van der Waals surface area (Å²) in [7, 11) is 2.03. The highest BCUT2D eigenvalue weighted by atomic mass is 16.5. The Labute approximate surface area is 176 Å². The van der Waals surface area contributed by atoms with Gasteiger partial charge in [-0.05, 0) is 19.5 Å². The minimum Gasteiger partial charge on any atom is -0.387 e. The second-order valence-electron chi connectivity index (χ2n) is 7.97. The van der Waals surface area contributed by atoms with Crippen molar-refractivity contribution in [3.05, 3.63) is 30.9 Å². The molecular formula is C20H30N8O2. The molecule has 10 nitrogen and oxygen atoms in total. The molecule has 2 aliphatic rings. The molecule has 2 aromatic rings. The largest absolute Gasteiger partial charge is 0.387 e. The molecule has 4 rings (SSSR count). The number of nitrogens with one attached hydrogen (secondary N) is 1. The SMILES string of the molecule is CN(CCNc1cc(N2CCOCC2)ncn1)CC1(O)CCN(c2ncccn2)C1. The molecule has 4 heterocycles. The fourth-order valence-corrected chi connectivity index (χ4v) is 3.98. The molecule has 0 spiro atoms. The number of anilines is 3. The van der Waals surface area contributed by atoms with Gasteiger partial charge in [-0.3, -0.25) is 0 Å². The van der Waals surface area contributed by atoms with E-state index in [-0.39, 0.29) is 0 Å². The third-order valence-corrected chi connectivity index (χ3v) is 5.52. The van der Waals surface area contributed by atoms with Crippen LogP contribution in [0, 0.1) is 0 Å². The number of aliphatic hydroxyl groups is 1. The van der Waals surface area contributed by atoms with Gasteiger partial charge in [-0.2, -0.15) is 0 Å². The average molecular weight is 415 g/mol. The van der Waals surface area contributed by atoms with E-state index in [0.717, 1.165) is 57.6 Å². The molecule has 1 unspecified atom stereocenters. The van der Waals surface area contributed by atoms with Crippen LogP contribution in [0.4, 0.5) is 17.6 Å². The average Bonchev–Trinajstić information content (AvgIpc) is 3.17. The summed E-state index contributed by atoms with van der Waals surface area (Å²) >= 11 is 0. The number of ether oxygens (including phenoxy) is 1. The van der Waals surface area contributed by atoms with Crippen LogP contribution in [0.15, 0.2) is 30.9 Å². The second kappa shape index (κ2) is 9.50. The zero-order valence-electron chi connectivity index (χ0n) is 17.4. The molecule has 2 saturated heterocycles. The van der Waals surface area contributed by atoms with Gasteiger partial charge in [0.2, 0.25) is 5.95 Å². The summed E-state index contributed by atoms with van der Waals surface area (Å²) in [6.07, 6.45) is 5.76. The molecule has 2 aliphatic heterocycles. The highest BCUT2D eigenvalue weighted by molar-refractivity contribution is 5.48. The Morgan fingerprint density at radius 2 is 1.93 bits per heavy atom. The van der Waals surface area contributed by atoms with E-state index in [4.69, 9.17) is 4.74 Å². The highest BCUT2D eigenvalue weighted by Gasteiger charge is 2.37. The van der Waals surface area contributed by atoms with Crippen molar-refractivity contribution in [2.75, 3.05) is 81.2 Å². The van der Waals surface area contributed by atoms with Crippen LogP contribution in [0.25, 0.3) is 0 Å². The first-order valence-electron chi connectivity index (χ1n) is 10.4. The monoisotopic (exact) mass is 414 g/mol. The molecular weight excluding hydrogens is 384 g/mol. The zero-order valence-corrected chi connectivity index (χ0v) is 17.4. The van der Waals surface area contributed by atoms with Crippen molar-refractivity contribution in [2.24, 2.45) is 0 Å². The van der Waals surface area contributed by atoms with E-state index >= 15 is 0 Å². The Hall–Kier alpha value is -2.56. The van der Waals surface area contributed by atoms with Crippen molar-refractivity contribution < 1.29 is 9.84 Å². The lowest BCUT2D eigenvalue weighted by atomic mass is 10.0. The van der Waals surface area contributed by atoms with Gasteiger partial charge >= 0.3 is 0 Å². The summed E-state index contributed by atoms with van der Waals surface area (Å²) in [5.41, 5.74) is -0.758. The van der Waals surface area contributed by atoms with Gasteiger partial charge in [0.1, 0.15) is 18.0 Å². The van der Waals surface area contributed by atoms with Gasteiger partial charge in [0.25, 0.3) is 0 Å². The number of likely N-dealkylation sites (N-methyl/N-ethyl adjacent to an activating group) is 1. The minimum absolute atomic E-state index is 0.545. The van der Waals surface area contributed by atoms with Crippen LogP contribution in [0.5, 0.6) is 0 Å². The number of nitrogens with zero attached hydrogens (tertiary/aromatic N) is 7. The summed E-state index contributed by atoms with van der Waals surface area (Å²) in [5, 5.41) is 14.4. The maximum atomic E-state index is 11.0. The van der Waals surface area contributed by atoms with E-state index in [2.05, 4.69) is 35.1 Å². The van der Waals surface area contributed by atoms with Crippen LogP contribution in [0.1, 0.15) is 6.42 Å². The maximum Gasteiger partial charge on any atom is 0.225 e. The Kier molecular flexibility index (Phi) is 6.56. The Morgan fingerprint density at radius 3 is 2.73 bits per heavy atom. The number of hydrogen-bond donors (Lipinski definition) is 2. The minimum atomic E-state index is -0.758. The van der Waals surface area contributed by atoms with Crippen LogP contribution >= 0.6 is 0 Å². The third-order valence-electron chi connectivity index (χ3n) is 5.52. The van der Waals surface area contributed by atoms with Crippen molar-refractivity contribution in [3.63, 3.8) is 0 Å². The van der Waals surface area contributed by atoms with Crippen LogP contribution in [-0.2, 0) is 4.74 Å². The van der Waals surface area contributed by atoms with Crippen molar-refractivity contribution >= 4 is 17.6 Å². The second-order valence-corrected chi connectivity index (χ2v) is 7.97. The fraction of sp³-hybridized carbons (Fsp3) is 0.600. The summed E-state index contributed by atoms with van der Waals surface area (Å²) in [6.45, 7) is 6.59. The molecule has 0 amide bonds. The number of hydrogen-bond acceptors (Lipinski definition) is 10. The lowest BCUT2D eigenvalue weighted by Crippen LogP contribution is -2.45. The summed E-state index contributed by atoms with van der Waals surface area (Å²) in [5.74, 6) is 2.41. The fourth-order valence-electron chi connectivity index (χ4n) is 3.98. The Bertz CT molecular complexity index is 804. The highest BCUT2D eigenvalue weighted by Crippen LogP contribution is 2.25. The molecule has 1 atom stereocenters. The van der Waals surface area contributed by atoms with Crippen molar-refractivity contribution in [2.45, 2.75) is 12.0 Å². The molecule has 2 N–H and O–H groups in total. The van der Waals surface area contributed by atoms with E-state index in [1.165, 1.54) is 0 Å². The van der Waals surface area contributed by atoms with Gasteiger partial charge in [0.05, 0.1) is 25.4 Å². The molecule has 30 heavy (non-hydrogen) atoms. The van der Waals surface area contributed by atoms with Gasteiger partial charge in [0.15, 0.2) is 0 Å². The molecule has 10 heteroatoms. The Morgan fingerprint density at radius 1 is 1.13 bits per heavy atom. The molecule has 0 radical (unpaired) electrons.